The first-order valence-electron chi connectivity index (χ1n) is 13.1. The lowest BCUT2D eigenvalue weighted by Gasteiger charge is -2.33. The lowest BCUT2D eigenvalue weighted by Crippen LogP contribution is -2.47. The molecule has 2 heterocycles. The minimum absolute atomic E-state index is 0.00634. The van der Waals surface area contributed by atoms with Crippen molar-refractivity contribution in [3.05, 3.63) is 58.6 Å². The normalized spacial score (nSPS) is 15.3. The number of fused-ring (bicyclic) bond motifs is 1. The average Bonchev–Trinajstić information content (AvgIpc) is 3.58. The number of ether oxygens (including phenoxy) is 2. The predicted octanol–water partition coefficient (Wildman–Crippen LogP) is 3.46. The van der Waals surface area contributed by atoms with Crippen molar-refractivity contribution in [2.24, 2.45) is 5.73 Å². The summed E-state index contributed by atoms with van der Waals surface area (Å²) in [7, 11) is 3.85. The van der Waals surface area contributed by atoms with E-state index in [0.29, 0.717) is 22.7 Å². The van der Waals surface area contributed by atoms with Crippen LogP contribution >= 0.6 is 11.5 Å². The Morgan fingerprint density at radius 1 is 1.00 bits per heavy atom. The zero-order chi connectivity index (χ0) is 28.4. The summed E-state index contributed by atoms with van der Waals surface area (Å²) in [5.41, 5.74) is 13.2. The van der Waals surface area contributed by atoms with Crippen molar-refractivity contribution < 1.29 is 23.9 Å². The molecule has 40 heavy (non-hydrogen) atoms. The van der Waals surface area contributed by atoms with Crippen LogP contribution in [0.2, 0.25) is 0 Å². The van der Waals surface area contributed by atoms with Gasteiger partial charge < -0.3 is 31.2 Å². The zero-order valence-electron chi connectivity index (χ0n) is 22.4. The van der Waals surface area contributed by atoms with E-state index < -0.39 is 17.9 Å². The maximum atomic E-state index is 14.3. The number of carbonyl (C=O) groups is 3. The third-order valence-electron chi connectivity index (χ3n) is 7.19. The number of nitrogens with zero attached hydrogens (tertiary/aromatic N) is 3. The summed E-state index contributed by atoms with van der Waals surface area (Å²) in [6.07, 6.45) is 4.95. The first-order valence-corrected chi connectivity index (χ1v) is 13.9. The van der Waals surface area contributed by atoms with Crippen LogP contribution in [0.3, 0.4) is 0 Å². The Balaban J connectivity index is 1.63. The van der Waals surface area contributed by atoms with E-state index in [-0.39, 0.29) is 35.0 Å². The molecule has 3 amide bonds. The molecule has 1 fully saturated rings. The SMILES string of the molecule is CN(C)c1ccc([C@H](C(=O)NC2CCCCC2)N(C(=O)c2snc(C(N)=O)c2N)c2ccc3c(c2)OCO3)cc1. The molecule has 11 nitrogen and oxygen atoms in total. The Bertz CT molecular complexity index is 1420. The van der Waals surface area contributed by atoms with Crippen LogP contribution in [0.1, 0.15) is 63.9 Å². The van der Waals surface area contributed by atoms with E-state index in [4.69, 9.17) is 20.9 Å². The van der Waals surface area contributed by atoms with Crippen LogP contribution in [0.15, 0.2) is 42.5 Å². The highest BCUT2D eigenvalue weighted by Gasteiger charge is 2.37. The molecule has 0 unspecified atom stereocenters. The number of benzene rings is 2. The van der Waals surface area contributed by atoms with Gasteiger partial charge in [-0.15, -0.1) is 0 Å². The van der Waals surface area contributed by atoms with Crippen molar-refractivity contribution in [3.8, 4) is 11.5 Å². The van der Waals surface area contributed by atoms with Gasteiger partial charge in [0.25, 0.3) is 11.8 Å². The lowest BCUT2D eigenvalue weighted by atomic mass is 9.94. The average molecular weight is 565 g/mol. The van der Waals surface area contributed by atoms with Gasteiger partial charge in [0.2, 0.25) is 12.7 Å². The van der Waals surface area contributed by atoms with E-state index in [1.807, 2.05) is 43.3 Å². The van der Waals surface area contributed by atoms with Gasteiger partial charge in [-0.05, 0) is 54.2 Å². The van der Waals surface area contributed by atoms with Gasteiger partial charge in [-0.3, -0.25) is 19.3 Å². The van der Waals surface area contributed by atoms with E-state index in [9.17, 15) is 14.4 Å². The van der Waals surface area contributed by atoms with Gasteiger partial charge in [-0.1, -0.05) is 31.4 Å². The third-order valence-corrected chi connectivity index (χ3v) is 8.04. The fraction of sp³-hybridized carbons (Fsp3) is 0.357. The number of nitrogen functional groups attached to an aromatic ring is 1. The monoisotopic (exact) mass is 564 g/mol. The second kappa shape index (κ2) is 11.4. The number of hydrogen-bond donors (Lipinski definition) is 3. The van der Waals surface area contributed by atoms with Gasteiger partial charge >= 0.3 is 0 Å². The van der Waals surface area contributed by atoms with Crippen molar-refractivity contribution in [3.63, 3.8) is 0 Å². The van der Waals surface area contributed by atoms with E-state index in [1.165, 1.54) is 4.90 Å². The van der Waals surface area contributed by atoms with Crippen molar-refractivity contribution >= 4 is 46.3 Å². The summed E-state index contributed by atoms with van der Waals surface area (Å²) in [6.45, 7) is 0.0497. The highest BCUT2D eigenvalue weighted by molar-refractivity contribution is 7.09. The lowest BCUT2D eigenvalue weighted by molar-refractivity contribution is -0.123. The molecule has 0 spiro atoms. The van der Waals surface area contributed by atoms with E-state index in [1.54, 1.807) is 18.2 Å². The van der Waals surface area contributed by atoms with Crippen molar-refractivity contribution in [1.29, 1.82) is 0 Å². The largest absolute Gasteiger partial charge is 0.454 e. The molecule has 1 atom stereocenters. The fourth-order valence-corrected chi connectivity index (χ4v) is 5.80. The van der Waals surface area contributed by atoms with Crippen LogP contribution in [-0.2, 0) is 4.79 Å². The number of primary amides is 1. The van der Waals surface area contributed by atoms with E-state index in [0.717, 1.165) is 49.3 Å². The summed E-state index contributed by atoms with van der Waals surface area (Å²) >= 11 is 0.766. The molecule has 1 aliphatic heterocycles. The molecule has 0 radical (unpaired) electrons. The third kappa shape index (κ3) is 5.39. The molecule has 0 bridgehead atoms. The zero-order valence-corrected chi connectivity index (χ0v) is 23.2. The number of anilines is 3. The highest BCUT2D eigenvalue weighted by Crippen LogP contribution is 2.40. The predicted molar refractivity (Wildman–Crippen MR) is 153 cm³/mol. The van der Waals surface area contributed by atoms with Crippen molar-refractivity contribution in [1.82, 2.24) is 9.69 Å². The Kier molecular flexibility index (Phi) is 7.78. The molecular formula is C28H32N6O5S. The van der Waals surface area contributed by atoms with Gasteiger partial charge in [-0.25, -0.2) is 0 Å². The molecule has 5 rings (SSSR count). The summed E-state index contributed by atoms with van der Waals surface area (Å²) in [6, 6.07) is 11.4. The molecule has 12 heteroatoms. The molecule has 2 aliphatic rings. The number of carbonyl (C=O) groups excluding carboxylic acids is 3. The number of aromatic nitrogens is 1. The smallest absolute Gasteiger partial charge is 0.273 e. The summed E-state index contributed by atoms with van der Waals surface area (Å²) < 4.78 is 15.1. The van der Waals surface area contributed by atoms with Gasteiger partial charge in [0.1, 0.15) is 10.9 Å². The standard InChI is InChI=1S/C28H32N6O5S/c1-33(2)18-10-8-16(9-11-18)24(27(36)31-17-6-4-3-5-7-17)34(19-12-13-20-21(14-19)39-15-38-20)28(37)25-22(29)23(26(30)35)32-40-25/h8-14,17,24H,3-7,15,29H2,1-2H3,(H2,30,35)(H,31,36)/t24-/m1/s1. The Labute approximate surface area is 236 Å². The Morgan fingerprint density at radius 2 is 1.68 bits per heavy atom. The summed E-state index contributed by atoms with van der Waals surface area (Å²) in [5.74, 6) is -0.785. The van der Waals surface area contributed by atoms with Gasteiger partial charge in [0.15, 0.2) is 17.2 Å². The number of nitrogens with one attached hydrogen (secondary N) is 1. The maximum Gasteiger partial charge on any atom is 0.273 e. The van der Waals surface area contributed by atoms with Gasteiger partial charge in [-0.2, -0.15) is 4.37 Å². The first-order chi connectivity index (χ1) is 19.2. The van der Waals surface area contributed by atoms with Gasteiger partial charge in [0.05, 0.1) is 5.69 Å². The number of amides is 3. The Morgan fingerprint density at radius 3 is 2.33 bits per heavy atom. The van der Waals surface area contributed by atoms with Crippen LogP contribution in [0.4, 0.5) is 17.1 Å². The topological polar surface area (TPSA) is 153 Å². The molecule has 1 aliphatic carbocycles. The van der Waals surface area contributed by atoms with E-state index in [2.05, 4.69) is 9.69 Å². The molecule has 0 saturated heterocycles. The van der Waals surface area contributed by atoms with Crippen molar-refractivity contribution in [2.45, 2.75) is 44.2 Å². The molecule has 5 N–H and O–H groups in total. The van der Waals surface area contributed by atoms with Crippen LogP contribution in [0.25, 0.3) is 0 Å². The highest BCUT2D eigenvalue weighted by atomic mass is 32.1. The maximum absolute atomic E-state index is 14.3. The molecule has 210 valence electrons. The van der Waals surface area contributed by atoms with Crippen LogP contribution < -0.4 is 36.1 Å². The Hall–Kier alpha value is -4.32. The molecule has 2 aromatic carbocycles. The minimum atomic E-state index is -1.07. The van der Waals surface area contributed by atoms with Crippen LogP contribution in [0, 0.1) is 0 Å². The number of nitrogens with two attached hydrogens (primary N) is 2. The molecule has 3 aromatic rings. The molecule has 1 saturated carbocycles. The second-order valence-corrected chi connectivity index (χ2v) is 10.9. The number of hydrogen-bond acceptors (Lipinski definition) is 9. The summed E-state index contributed by atoms with van der Waals surface area (Å²) in [4.78, 5) is 43.6. The quantitative estimate of drug-likeness (QED) is 0.376. The van der Waals surface area contributed by atoms with Crippen LogP contribution in [-0.4, -0.2) is 49.0 Å². The molecule has 1 aromatic heterocycles. The van der Waals surface area contributed by atoms with Crippen molar-refractivity contribution in [2.75, 3.05) is 36.4 Å². The van der Waals surface area contributed by atoms with Crippen LogP contribution in [0.5, 0.6) is 11.5 Å². The number of rotatable bonds is 8. The second-order valence-electron chi connectivity index (χ2n) is 10.1. The molecular weight excluding hydrogens is 532 g/mol. The summed E-state index contributed by atoms with van der Waals surface area (Å²) in [5, 5.41) is 3.18. The van der Waals surface area contributed by atoms with Gasteiger partial charge in [0, 0.05) is 37.6 Å². The van der Waals surface area contributed by atoms with E-state index >= 15 is 0 Å². The first kappa shape index (κ1) is 27.3. The minimum Gasteiger partial charge on any atom is -0.454 e. The fourth-order valence-electron chi connectivity index (χ4n) is 5.06.